The normalized spacial score (nSPS) is 15.7. The zero-order valence-corrected chi connectivity index (χ0v) is 17.3. The van der Waals surface area contributed by atoms with Crippen LogP contribution in [0.4, 0.5) is 0 Å². The number of methoxy groups -OCH3 is 1. The van der Waals surface area contributed by atoms with Gasteiger partial charge in [0.05, 0.1) is 24.0 Å². The van der Waals surface area contributed by atoms with E-state index in [1.165, 1.54) is 19.0 Å². The molecule has 30 heavy (non-hydrogen) atoms. The van der Waals surface area contributed by atoms with Gasteiger partial charge in [0.1, 0.15) is 11.8 Å². The molecule has 0 saturated heterocycles. The fourth-order valence-electron chi connectivity index (χ4n) is 3.25. The van der Waals surface area contributed by atoms with E-state index in [1.54, 1.807) is 41.9 Å². The number of rotatable bonds is 7. The average molecular weight is 424 g/mol. The fraction of sp³-hybridized carbons (Fsp3) is 0.227. The lowest BCUT2D eigenvalue weighted by molar-refractivity contribution is -0.135. The molecule has 0 fully saturated rings. The number of ketones is 1. The highest BCUT2D eigenvalue weighted by Gasteiger charge is 2.35. The van der Waals surface area contributed by atoms with E-state index in [-0.39, 0.29) is 24.3 Å². The number of carbonyl (C=O) groups excluding carboxylic acids is 2. The third-order valence-electron chi connectivity index (χ3n) is 4.76. The van der Waals surface area contributed by atoms with E-state index >= 15 is 0 Å². The van der Waals surface area contributed by atoms with Crippen LogP contribution in [0.3, 0.4) is 0 Å². The Morgan fingerprint density at radius 3 is 2.77 bits per heavy atom. The molecular weight excluding hydrogens is 404 g/mol. The first-order valence-electron chi connectivity index (χ1n) is 9.35. The van der Waals surface area contributed by atoms with Gasteiger partial charge in [-0.3, -0.25) is 9.59 Å². The van der Waals surface area contributed by atoms with Gasteiger partial charge in [-0.25, -0.2) is 5.01 Å². The zero-order valence-electron chi connectivity index (χ0n) is 16.5. The zero-order chi connectivity index (χ0) is 21.1. The summed E-state index contributed by atoms with van der Waals surface area (Å²) in [5.74, 6) is 1.06. The van der Waals surface area contributed by atoms with Crippen molar-refractivity contribution in [1.29, 1.82) is 0 Å². The van der Waals surface area contributed by atoms with E-state index in [1.807, 2.05) is 23.6 Å². The van der Waals surface area contributed by atoms with Crippen LogP contribution in [0.25, 0.3) is 0 Å². The number of furan rings is 1. The van der Waals surface area contributed by atoms with Gasteiger partial charge in [-0.2, -0.15) is 5.10 Å². The lowest BCUT2D eigenvalue weighted by Crippen LogP contribution is -2.31. The maximum absolute atomic E-state index is 13.0. The molecule has 1 aliphatic heterocycles. The number of Topliss-reactive ketones (excluding diaryl/α,β-unsaturated/α-hetero) is 1. The molecular formula is C22H20N2O5S. The minimum atomic E-state index is -0.324. The first-order valence-corrected chi connectivity index (χ1v) is 10.2. The van der Waals surface area contributed by atoms with Crippen LogP contribution in [0.1, 0.15) is 40.4 Å². The predicted molar refractivity (Wildman–Crippen MR) is 112 cm³/mol. The summed E-state index contributed by atoms with van der Waals surface area (Å²) < 4.78 is 16.5. The Kier molecular flexibility index (Phi) is 5.67. The van der Waals surface area contributed by atoms with Crippen LogP contribution in [0.15, 0.2) is 63.6 Å². The molecule has 154 valence electrons. The molecule has 0 spiro atoms. The molecule has 3 aromatic rings. The van der Waals surface area contributed by atoms with Crippen LogP contribution in [-0.2, 0) is 4.79 Å². The summed E-state index contributed by atoms with van der Waals surface area (Å²) in [6.07, 6.45) is 2.15. The minimum absolute atomic E-state index is 0.0790. The van der Waals surface area contributed by atoms with Crippen molar-refractivity contribution < 1.29 is 23.5 Å². The number of amides is 1. The Bertz CT molecular complexity index is 1070. The highest BCUT2D eigenvalue weighted by atomic mass is 32.1. The van der Waals surface area contributed by atoms with Gasteiger partial charge >= 0.3 is 0 Å². The molecule has 1 amide bonds. The Balaban J connectivity index is 1.53. The van der Waals surface area contributed by atoms with E-state index in [0.717, 1.165) is 10.6 Å². The third-order valence-corrected chi connectivity index (χ3v) is 5.68. The van der Waals surface area contributed by atoms with Crippen molar-refractivity contribution in [2.24, 2.45) is 5.10 Å². The largest absolute Gasteiger partial charge is 0.493 e. The van der Waals surface area contributed by atoms with Gasteiger partial charge < -0.3 is 13.9 Å². The van der Waals surface area contributed by atoms with Gasteiger partial charge in [0.2, 0.25) is 0 Å². The fourth-order valence-corrected chi connectivity index (χ4v) is 3.97. The molecule has 0 N–H and O–H groups in total. The summed E-state index contributed by atoms with van der Waals surface area (Å²) in [5, 5.41) is 7.95. The molecule has 4 rings (SSSR count). The summed E-state index contributed by atoms with van der Waals surface area (Å²) in [4.78, 5) is 25.6. The molecule has 1 atom stereocenters. The standard InChI is InChI=1S/C22H20N2O5S/c1-14(25)15-7-8-19(20(11-15)27-2)29-13-22(26)24-17(18-5-3-9-28-18)12-16(23-24)21-6-4-10-30-21/h3-11,17H,12-13H2,1-2H3/t17-/m1/s1. The first-order chi connectivity index (χ1) is 14.6. The first kappa shape index (κ1) is 19.9. The second-order valence-corrected chi connectivity index (χ2v) is 7.66. The topological polar surface area (TPSA) is 81.3 Å². The van der Waals surface area contributed by atoms with Crippen molar-refractivity contribution in [1.82, 2.24) is 5.01 Å². The number of thiophene rings is 1. The van der Waals surface area contributed by atoms with Crippen LogP contribution in [0.2, 0.25) is 0 Å². The van der Waals surface area contributed by atoms with Crippen molar-refractivity contribution in [3.05, 3.63) is 70.3 Å². The molecule has 0 radical (unpaired) electrons. The quantitative estimate of drug-likeness (QED) is 0.528. The van der Waals surface area contributed by atoms with Crippen molar-refractivity contribution in [2.45, 2.75) is 19.4 Å². The van der Waals surface area contributed by atoms with E-state index < -0.39 is 0 Å². The molecule has 1 aromatic carbocycles. The summed E-state index contributed by atoms with van der Waals surface area (Å²) in [6, 6.07) is 12.1. The highest BCUT2D eigenvalue weighted by Crippen LogP contribution is 2.34. The number of carbonyl (C=O) groups is 2. The Morgan fingerprint density at radius 2 is 2.10 bits per heavy atom. The third kappa shape index (κ3) is 3.99. The van der Waals surface area contributed by atoms with Crippen LogP contribution < -0.4 is 9.47 Å². The monoisotopic (exact) mass is 424 g/mol. The van der Waals surface area contributed by atoms with E-state index in [2.05, 4.69) is 5.10 Å². The Morgan fingerprint density at radius 1 is 1.23 bits per heavy atom. The second-order valence-electron chi connectivity index (χ2n) is 6.71. The molecule has 7 nitrogen and oxygen atoms in total. The predicted octanol–water partition coefficient (Wildman–Crippen LogP) is 4.31. The van der Waals surface area contributed by atoms with E-state index in [4.69, 9.17) is 13.9 Å². The maximum Gasteiger partial charge on any atom is 0.281 e. The van der Waals surface area contributed by atoms with Gasteiger partial charge in [-0.1, -0.05) is 6.07 Å². The summed E-state index contributed by atoms with van der Waals surface area (Å²) in [5.41, 5.74) is 1.34. The molecule has 0 bridgehead atoms. The van der Waals surface area contributed by atoms with Gasteiger partial charge in [-0.15, -0.1) is 11.3 Å². The molecule has 1 aliphatic rings. The molecule has 0 unspecified atom stereocenters. The molecule has 0 saturated carbocycles. The summed E-state index contributed by atoms with van der Waals surface area (Å²) in [7, 11) is 1.49. The van der Waals surface area contributed by atoms with Gasteiger partial charge in [0.25, 0.3) is 5.91 Å². The maximum atomic E-state index is 13.0. The Hall–Kier alpha value is -3.39. The second kappa shape index (κ2) is 8.54. The van der Waals surface area contributed by atoms with Crippen LogP contribution in [-0.4, -0.2) is 36.1 Å². The van der Waals surface area contributed by atoms with Crippen LogP contribution >= 0.6 is 11.3 Å². The van der Waals surface area contributed by atoms with E-state index in [0.29, 0.717) is 29.2 Å². The van der Waals surface area contributed by atoms with Crippen LogP contribution in [0, 0.1) is 0 Å². The van der Waals surface area contributed by atoms with Crippen molar-refractivity contribution >= 4 is 28.7 Å². The van der Waals surface area contributed by atoms with Crippen LogP contribution in [0.5, 0.6) is 11.5 Å². The Labute approximate surface area is 177 Å². The highest BCUT2D eigenvalue weighted by molar-refractivity contribution is 7.12. The van der Waals surface area contributed by atoms with Crippen molar-refractivity contribution in [3.8, 4) is 11.5 Å². The number of ether oxygens (including phenoxy) is 2. The van der Waals surface area contributed by atoms with Crippen molar-refractivity contribution in [3.63, 3.8) is 0 Å². The average Bonchev–Trinajstić information content (AvgIpc) is 3.51. The van der Waals surface area contributed by atoms with Gasteiger partial charge in [0, 0.05) is 12.0 Å². The summed E-state index contributed by atoms with van der Waals surface area (Å²) >= 11 is 1.58. The SMILES string of the molecule is COc1cc(C(C)=O)ccc1OCC(=O)N1N=C(c2cccs2)C[C@@H]1c1ccco1. The van der Waals surface area contributed by atoms with Crippen molar-refractivity contribution in [2.75, 3.05) is 13.7 Å². The number of benzene rings is 1. The van der Waals surface area contributed by atoms with Gasteiger partial charge in [-0.05, 0) is 48.7 Å². The van der Waals surface area contributed by atoms with E-state index in [9.17, 15) is 9.59 Å². The lowest BCUT2D eigenvalue weighted by atomic mass is 10.1. The number of hydrogen-bond acceptors (Lipinski definition) is 7. The molecule has 3 heterocycles. The number of hydrogen-bond donors (Lipinski definition) is 0. The lowest BCUT2D eigenvalue weighted by Gasteiger charge is -2.20. The summed E-state index contributed by atoms with van der Waals surface area (Å²) in [6.45, 7) is 1.25. The smallest absolute Gasteiger partial charge is 0.281 e. The minimum Gasteiger partial charge on any atom is -0.493 e. The molecule has 0 aliphatic carbocycles. The molecule has 2 aromatic heterocycles. The number of hydrazone groups is 1. The molecule has 8 heteroatoms. The number of nitrogens with zero attached hydrogens (tertiary/aromatic N) is 2. The van der Waals surface area contributed by atoms with Gasteiger partial charge in [0.15, 0.2) is 23.9 Å².